The highest BCUT2D eigenvalue weighted by molar-refractivity contribution is 7.98. The minimum atomic E-state index is -1.57. The molecule has 0 spiro atoms. The normalized spacial score (nSPS) is 17.2. The van der Waals surface area contributed by atoms with Crippen molar-refractivity contribution in [3.05, 3.63) is 50.4 Å². The maximum atomic E-state index is 13.9. The second-order valence-electron chi connectivity index (χ2n) is 9.42. The van der Waals surface area contributed by atoms with Crippen LogP contribution in [0.3, 0.4) is 0 Å². The van der Waals surface area contributed by atoms with Gasteiger partial charge in [-0.05, 0) is 54.4 Å². The quantitative estimate of drug-likeness (QED) is 0.397. The topological polar surface area (TPSA) is 121 Å². The van der Waals surface area contributed by atoms with Crippen molar-refractivity contribution >= 4 is 46.6 Å². The van der Waals surface area contributed by atoms with Gasteiger partial charge in [-0.3, -0.25) is 4.79 Å². The number of halogens is 1. The van der Waals surface area contributed by atoms with E-state index < -0.39 is 17.4 Å². The molecule has 1 amide bonds. The van der Waals surface area contributed by atoms with Gasteiger partial charge in [-0.2, -0.15) is 11.8 Å². The highest BCUT2D eigenvalue weighted by Gasteiger charge is 2.52. The molecule has 198 valence electrons. The number of aromatic nitrogens is 1. The van der Waals surface area contributed by atoms with E-state index in [-0.39, 0.29) is 17.8 Å². The molecule has 0 saturated carbocycles. The lowest BCUT2D eigenvalue weighted by molar-refractivity contribution is -0.197. The molecule has 8 nitrogen and oxygen atoms in total. The fraction of sp³-hybridized carbons (Fsp3) is 0.560. The fourth-order valence-electron chi connectivity index (χ4n) is 4.51. The van der Waals surface area contributed by atoms with Gasteiger partial charge in [0.25, 0.3) is 5.91 Å². The van der Waals surface area contributed by atoms with Crippen LogP contribution < -0.4 is 11.5 Å². The van der Waals surface area contributed by atoms with Crippen LogP contribution in [-0.2, 0) is 26.5 Å². The van der Waals surface area contributed by atoms with Crippen molar-refractivity contribution in [2.45, 2.75) is 44.7 Å². The molecule has 1 saturated heterocycles. The van der Waals surface area contributed by atoms with E-state index in [0.29, 0.717) is 46.1 Å². The van der Waals surface area contributed by atoms with Gasteiger partial charge in [-0.25, -0.2) is 9.78 Å². The number of primary amides is 1. The Balaban J connectivity index is 2.01. The van der Waals surface area contributed by atoms with Crippen LogP contribution in [0.1, 0.15) is 58.5 Å². The minimum Gasteiger partial charge on any atom is -0.381 e. The summed E-state index contributed by atoms with van der Waals surface area (Å²) < 4.78 is 5.58. The molecule has 3 rings (SSSR count). The zero-order chi connectivity index (χ0) is 26.5. The summed E-state index contributed by atoms with van der Waals surface area (Å²) in [6, 6.07) is 7.31. The number of amides is 1. The smallest absolute Gasteiger partial charge is 0.352 e. The van der Waals surface area contributed by atoms with Crippen LogP contribution in [0.2, 0.25) is 5.02 Å². The first-order valence-corrected chi connectivity index (χ1v) is 14.5. The maximum Gasteiger partial charge on any atom is 0.352 e. The Kier molecular flexibility index (Phi) is 10.2. The summed E-state index contributed by atoms with van der Waals surface area (Å²) in [4.78, 5) is 37.1. The van der Waals surface area contributed by atoms with E-state index in [1.807, 2.05) is 32.2 Å². The van der Waals surface area contributed by atoms with E-state index in [1.165, 1.54) is 5.06 Å². The average molecular weight is 555 g/mol. The third-order valence-corrected chi connectivity index (χ3v) is 8.62. The van der Waals surface area contributed by atoms with Crippen molar-refractivity contribution in [1.29, 1.82) is 0 Å². The lowest BCUT2D eigenvalue weighted by Gasteiger charge is -2.40. The number of thioether (sulfide) groups is 1. The summed E-state index contributed by atoms with van der Waals surface area (Å²) in [6.45, 7) is 5.43. The summed E-state index contributed by atoms with van der Waals surface area (Å²) in [5, 5.41) is 2.44. The molecule has 0 aliphatic carbocycles. The number of rotatable bonds is 11. The number of hydrogen-bond acceptors (Lipinski definition) is 9. The van der Waals surface area contributed by atoms with Gasteiger partial charge in [0.1, 0.15) is 9.88 Å². The SMILES string of the molecule is CSCC(C1CCOCC1)C(N)(C(=O)ON(C)Cc1ccc(Cl)cc1)c1nc(C(C)C)c(C(N)=O)s1. The Labute approximate surface area is 226 Å². The van der Waals surface area contributed by atoms with Crippen molar-refractivity contribution < 1.29 is 19.2 Å². The van der Waals surface area contributed by atoms with Crippen LogP contribution >= 0.6 is 34.7 Å². The van der Waals surface area contributed by atoms with Crippen LogP contribution in [0, 0.1) is 11.8 Å². The molecule has 2 heterocycles. The Hall–Kier alpha value is -1.69. The van der Waals surface area contributed by atoms with Crippen LogP contribution in [0.5, 0.6) is 0 Å². The second-order valence-corrected chi connectivity index (χ2v) is 11.8. The number of hydrogen-bond donors (Lipinski definition) is 2. The number of benzene rings is 1. The third kappa shape index (κ3) is 6.59. The van der Waals surface area contributed by atoms with Gasteiger partial charge in [0.05, 0.1) is 12.2 Å². The van der Waals surface area contributed by atoms with E-state index in [4.69, 9.17) is 37.6 Å². The standard InChI is InChI=1S/C25H35ClN4O4S2/c1-15(2)20-21(22(27)31)36-23(29-20)25(28,19(14-35-4)17-9-11-33-12-10-17)24(32)34-30(3)13-16-5-7-18(26)8-6-16/h5-8,15,17,19H,9-14,28H2,1-4H3,(H2,27,31). The van der Waals surface area contributed by atoms with E-state index in [2.05, 4.69) is 0 Å². The van der Waals surface area contributed by atoms with Crippen LogP contribution in [0.4, 0.5) is 0 Å². The van der Waals surface area contributed by atoms with Crippen molar-refractivity contribution in [2.75, 3.05) is 32.3 Å². The number of ether oxygens (including phenoxy) is 1. The van der Waals surface area contributed by atoms with Gasteiger partial charge in [-0.1, -0.05) is 37.6 Å². The molecular formula is C25H35ClN4O4S2. The van der Waals surface area contributed by atoms with Crippen molar-refractivity contribution in [2.24, 2.45) is 23.3 Å². The molecule has 36 heavy (non-hydrogen) atoms. The van der Waals surface area contributed by atoms with Gasteiger partial charge in [0.2, 0.25) is 0 Å². The molecule has 2 aromatic rings. The summed E-state index contributed by atoms with van der Waals surface area (Å²) in [7, 11) is 1.68. The molecule has 1 aromatic heterocycles. The Bertz CT molecular complexity index is 1040. The summed E-state index contributed by atoms with van der Waals surface area (Å²) >= 11 is 8.71. The van der Waals surface area contributed by atoms with Gasteiger partial charge in [-0.15, -0.1) is 16.4 Å². The van der Waals surface area contributed by atoms with Crippen molar-refractivity contribution in [1.82, 2.24) is 10.0 Å². The monoisotopic (exact) mass is 554 g/mol. The maximum absolute atomic E-state index is 13.9. The van der Waals surface area contributed by atoms with Crippen molar-refractivity contribution in [3.8, 4) is 0 Å². The Morgan fingerprint density at radius 2 is 1.94 bits per heavy atom. The molecule has 1 fully saturated rings. The third-order valence-electron chi connectivity index (χ3n) is 6.44. The van der Waals surface area contributed by atoms with Crippen LogP contribution in [0.15, 0.2) is 24.3 Å². The lowest BCUT2D eigenvalue weighted by Crippen LogP contribution is -2.56. The molecule has 2 unspecified atom stereocenters. The number of nitrogens with two attached hydrogens (primary N) is 2. The zero-order valence-corrected chi connectivity index (χ0v) is 23.5. The summed E-state index contributed by atoms with van der Waals surface area (Å²) in [5.74, 6) is -0.768. The molecule has 11 heteroatoms. The molecule has 1 aliphatic heterocycles. The van der Waals surface area contributed by atoms with E-state index in [9.17, 15) is 9.59 Å². The van der Waals surface area contributed by atoms with Crippen LogP contribution in [0.25, 0.3) is 0 Å². The van der Waals surface area contributed by atoms with Crippen LogP contribution in [-0.4, -0.2) is 54.2 Å². The lowest BCUT2D eigenvalue weighted by atomic mass is 9.74. The molecule has 0 radical (unpaired) electrons. The predicted octanol–water partition coefficient (Wildman–Crippen LogP) is 4.17. The number of carbonyl (C=O) groups is 2. The molecule has 1 aliphatic rings. The van der Waals surface area contributed by atoms with Crippen molar-refractivity contribution in [3.63, 3.8) is 0 Å². The summed E-state index contributed by atoms with van der Waals surface area (Å²) in [6.07, 6.45) is 3.55. The molecule has 1 aromatic carbocycles. The number of hydroxylamine groups is 2. The largest absolute Gasteiger partial charge is 0.381 e. The van der Waals surface area contributed by atoms with E-state index in [0.717, 1.165) is 29.7 Å². The Morgan fingerprint density at radius 3 is 2.47 bits per heavy atom. The summed E-state index contributed by atoms with van der Waals surface area (Å²) in [5.41, 5.74) is 12.7. The minimum absolute atomic E-state index is 0.0626. The highest BCUT2D eigenvalue weighted by Crippen LogP contribution is 2.42. The van der Waals surface area contributed by atoms with Gasteiger partial charge in [0.15, 0.2) is 5.54 Å². The number of nitrogens with zero attached hydrogens (tertiary/aromatic N) is 2. The zero-order valence-electron chi connectivity index (χ0n) is 21.2. The van der Waals surface area contributed by atoms with E-state index >= 15 is 0 Å². The predicted molar refractivity (Wildman–Crippen MR) is 145 cm³/mol. The first kappa shape index (κ1) is 28.9. The van der Waals surface area contributed by atoms with Gasteiger partial charge < -0.3 is 21.0 Å². The first-order chi connectivity index (χ1) is 17.1. The molecule has 2 atom stereocenters. The average Bonchev–Trinajstić information content (AvgIpc) is 3.31. The number of carbonyl (C=O) groups excluding carboxylic acids is 2. The molecular weight excluding hydrogens is 520 g/mol. The second kappa shape index (κ2) is 12.7. The van der Waals surface area contributed by atoms with Gasteiger partial charge >= 0.3 is 5.97 Å². The van der Waals surface area contributed by atoms with Gasteiger partial charge in [0, 0.05) is 31.2 Å². The fourth-order valence-corrected chi connectivity index (χ4v) is 6.75. The van der Waals surface area contributed by atoms with E-state index in [1.54, 1.807) is 30.9 Å². The first-order valence-electron chi connectivity index (χ1n) is 11.9. The Morgan fingerprint density at radius 1 is 1.31 bits per heavy atom. The highest BCUT2D eigenvalue weighted by atomic mass is 35.5. The number of thiazole rings is 1. The molecule has 4 N–H and O–H groups in total. The molecule has 0 bridgehead atoms.